The molecule has 1 fully saturated rings. The summed E-state index contributed by atoms with van der Waals surface area (Å²) in [5.41, 5.74) is 0. The van der Waals surface area contributed by atoms with Crippen LogP contribution >= 0.6 is 0 Å². The number of esters is 1. The molecule has 12 nitrogen and oxygen atoms in total. The lowest BCUT2D eigenvalue weighted by Gasteiger charge is -2.41. The number of hydrogen-bond donors (Lipinski definition) is 4. The van der Waals surface area contributed by atoms with Gasteiger partial charge in [0.1, 0.15) is 30.5 Å². The molecule has 0 saturated carbocycles. The zero-order chi connectivity index (χ0) is 37.6. The normalized spacial score (nSPS) is 22.2. The van der Waals surface area contributed by atoms with Crippen LogP contribution in [0.25, 0.3) is 0 Å². The van der Waals surface area contributed by atoms with Gasteiger partial charge in [-0.2, -0.15) is 8.42 Å². The van der Waals surface area contributed by atoms with Crippen LogP contribution < -0.4 is 0 Å². The smallest absolute Gasteiger partial charge is 0.397 e. The Bertz CT molecular complexity index is 1090. The molecule has 1 saturated heterocycles. The van der Waals surface area contributed by atoms with Gasteiger partial charge in [-0.15, -0.1) is 0 Å². The van der Waals surface area contributed by atoms with Crippen molar-refractivity contribution in [2.75, 3.05) is 26.4 Å². The van der Waals surface area contributed by atoms with E-state index in [2.05, 4.69) is 66.6 Å². The van der Waals surface area contributed by atoms with Crippen LogP contribution in [0.1, 0.15) is 123 Å². The topological polar surface area (TPSA) is 178 Å². The van der Waals surface area contributed by atoms with Crippen LogP contribution in [0.2, 0.25) is 0 Å². The molecule has 6 unspecified atom stereocenters. The molecule has 1 rings (SSSR count). The van der Waals surface area contributed by atoms with Gasteiger partial charge < -0.3 is 34.3 Å². The van der Waals surface area contributed by atoms with Crippen LogP contribution in [-0.2, 0) is 38.3 Å². The predicted molar refractivity (Wildman–Crippen MR) is 197 cm³/mol. The van der Waals surface area contributed by atoms with Crippen molar-refractivity contribution in [3.63, 3.8) is 0 Å². The predicted octanol–water partition coefficient (Wildman–Crippen LogP) is 6.45. The summed E-state index contributed by atoms with van der Waals surface area (Å²) in [6.07, 6.45) is 24.6. The van der Waals surface area contributed by atoms with E-state index in [1.54, 1.807) is 0 Å². The minimum Gasteiger partial charge on any atom is -0.457 e. The Morgan fingerprint density at radius 1 is 0.765 bits per heavy atom. The van der Waals surface area contributed by atoms with Crippen LogP contribution in [0.5, 0.6) is 0 Å². The molecule has 1 heterocycles. The average molecular weight is 747 g/mol. The van der Waals surface area contributed by atoms with E-state index in [0.29, 0.717) is 13.0 Å². The average Bonchev–Trinajstić information content (AvgIpc) is 3.09. The maximum atomic E-state index is 12.7. The number of unbranched alkanes of at least 4 members (excludes halogenated alkanes) is 10. The van der Waals surface area contributed by atoms with Crippen molar-refractivity contribution in [3.05, 3.63) is 48.6 Å². The monoisotopic (exact) mass is 746 g/mol. The molecule has 0 radical (unpaired) electrons. The molecule has 51 heavy (non-hydrogen) atoms. The number of rotatable bonds is 31. The second-order valence-corrected chi connectivity index (χ2v) is 13.8. The van der Waals surface area contributed by atoms with Crippen LogP contribution in [0.3, 0.4) is 0 Å². The molecule has 13 heteroatoms. The summed E-state index contributed by atoms with van der Waals surface area (Å²) in [4.78, 5) is 12.7. The molecule has 1 aliphatic heterocycles. The number of allylic oxidation sites excluding steroid dienone is 8. The molecule has 0 aromatic rings. The fourth-order valence-electron chi connectivity index (χ4n) is 5.37. The van der Waals surface area contributed by atoms with Crippen molar-refractivity contribution in [1.29, 1.82) is 0 Å². The summed E-state index contributed by atoms with van der Waals surface area (Å²) >= 11 is 0. The first-order chi connectivity index (χ1) is 24.6. The van der Waals surface area contributed by atoms with Gasteiger partial charge >= 0.3 is 16.4 Å². The molecule has 0 aromatic carbocycles. The maximum absolute atomic E-state index is 12.7. The number of carbonyl (C=O) groups is 1. The Morgan fingerprint density at radius 2 is 1.35 bits per heavy atom. The van der Waals surface area contributed by atoms with E-state index < -0.39 is 59.8 Å². The van der Waals surface area contributed by atoms with Crippen molar-refractivity contribution in [1.82, 2.24) is 0 Å². The fraction of sp³-hybridized carbons (Fsp3) is 0.763. The number of aliphatic hydroxyl groups is 3. The quantitative estimate of drug-likeness (QED) is 0.0264. The van der Waals surface area contributed by atoms with Gasteiger partial charge in [-0.1, -0.05) is 114 Å². The lowest BCUT2D eigenvalue weighted by atomic mass is 9.99. The second-order valence-electron chi connectivity index (χ2n) is 12.8. The Kier molecular flexibility index (Phi) is 28.2. The summed E-state index contributed by atoms with van der Waals surface area (Å²) < 4.78 is 58.6. The van der Waals surface area contributed by atoms with Crippen molar-refractivity contribution in [3.8, 4) is 0 Å². The largest absolute Gasteiger partial charge is 0.457 e. The van der Waals surface area contributed by atoms with E-state index in [1.165, 1.54) is 25.7 Å². The van der Waals surface area contributed by atoms with Gasteiger partial charge in [0.15, 0.2) is 6.29 Å². The number of hydrogen-bond acceptors (Lipinski definition) is 11. The van der Waals surface area contributed by atoms with Crippen molar-refractivity contribution in [2.24, 2.45) is 0 Å². The van der Waals surface area contributed by atoms with Gasteiger partial charge in [0, 0.05) is 13.0 Å². The third kappa shape index (κ3) is 24.8. The first kappa shape index (κ1) is 47.1. The van der Waals surface area contributed by atoms with Crippen LogP contribution in [0, 0.1) is 0 Å². The third-order valence-corrected chi connectivity index (χ3v) is 8.68. The van der Waals surface area contributed by atoms with Gasteiger partial charge in [0.25, 0.3) is 0 Å². The minimum atomic E-state index is -5.06. The molecule has 0 aromatic heterocycles. The zero-order valence-electron chi connectivity index (χ0n) is 30.9. The van der Waals surface area contributed by atoms with Gasteiger partial charge in [0.2, 0.25) is 0 Å². The summed E-state index contributed by atoms with van der Waals surface area (Å²) in [5, 5.41) is 30.4. The first-order valence-corrected chi connectivity index (χ1v) is 20.3. The highest BCUT2D eigenvalue weighted by Crippen LogP contribution is 2.26. The molecule has 0 bridgehead atoms. The van der Waals surface area contributed by atoms with E-state index in [9.17, 15) is 28.5 Å². The number of ether oxygens (including phenoxy) is 4. The molecule has 296 valence electrons. The van der Waals surface area contributed by atoms with E-state index >= 15 is 0 Å². The summed E-state index contributed by atoms with van der Waals surface area (Å²) in [6.45, 7) is 3.76. The molecule has 0 aliphatic carbocycles. The SMILES string of the molecule is CC/C=C\C/C=C\C/C=C\C/C=C\CCCCCCC(=O)OC(COCCCCCCCCC)COC1OC(CO)C(O)C(OS(=O)(=O)O)C1O. The van der Waals surface area contributed by atoms with Crippen LogP contribution in [0.15, 0.2) is 48.6 Å². The highest BCUT2D eigenvalue weighted by Gasteiger charge is 2.48. The Morgan fingerprint density at radius 3 is 1.98 bits per heavy atom. The summed E-state index contributed by atoms with van der Waals surface area (Å²) in [6, 6.07) is 0. The van der Waals surface area contributed by atoms with Gasteiger partial charge in [-0.25, -0.2) is 4.18 Å². The molecule has 1 aliphatic rings. The molecule has 0 amide bonds. The lowest BCUT2D eigenvalue weighted by molar-refractivity contribution is -0.301. The van der Waals surface area contributed by atoms with Gasteiger partial charge in [-0.05, 0) is 51.4 Å². The Hall–Kier alpha value is -1.94. The van der Waals surface area contributed by atoms with Gasteiger partial charge in [0.05, 0.1) is 19.8 Å². The fourth-order valence-corrected chi connectivity index (χ4v) is 5.88. The molecular weight excluding hydrogens is 680 g/mol. The summed E-state index contributed by atoms with van der Waals surface area (Å²) in [5.74, 6) is -0.427. The van der Waals surface area contributed by atoms with E-state index in [-0.39, 0.29) is 19.6 Å². The second kappa shape index (κ2) is 30.5. The minimum absolute atomic E-state index is 0.0241. The lowest BCUT2D eigenvalue weighted by Crippen LogP contribution is -2.60. The van der Waals surface area contributed by atoms with E-state index in [4.69, 9.17) is 23.5 Å². The highest BCUT2D eigenvalue weighted by atomic mass is 32.3. The van der Waals surface area contributed by atoms with Gasteiger partial charge in [-0.3, -0.25) is 9.35 Å². The van der Waals surface area contributed by atoms with E-state index in [0.717, 1.165) is 70.6 Å². The standard InChI is InChI=1S/C38H66O12S/c1-3-5-7-9-11-12-13-14-15-16-17-18-19-20-21-23-25-27-34(40)48-32(30-46-28-26-24-22-10-8-6-4-2)31-47-38-36(42)37(50-51(43,44)45)35(41)33(29-39)49-38/h5,7,11-12,14-15,17-18,32-33,35-39,41-42H,3-4,6,8-10,13,16,19-31H2,1-2H3,(H,43,44,45)/b7-5-,12-11-,15-14-,18-17-. The maximum Gasteiger partial charge on any atom is 0.397 e. The van der Waals surface area contributed by atoms with Crippen molar-refractivity contribution >= 4 is 16.4 Å². The summed E-state index contributed by atoms with van der Waals surface area (Å²) in [7, 11) is -5.06. The highest BCUT2D eigenvalue weighted by molar-refractivity contribution is 7.80. The van der Waals surface area contributed by atoms with Crippen LogP contribution in [-0.4, -0.2) is 97.5 Å². The van der Waals surface area contributed by atoms with Crippen molar-refractivity contribution < 1.29 is 56.2 Å². The molecule has 6 atom stereocenters. The molecule has 4 N–H and O–H groups in total. The third-order valence-electron chi connectivity index (χ3n) is 8.22. The Labute approximate surface area is 306 Å². The number of carbonyl (C=O) groups excluding carboxylic acids is 1. The van der Waals surface area contributed by atoms with Crippen molar-refractivity contribution in [2.45, 2.75) is 160 Å². The molecule has 0 spiro atoms. The van der Waals surface area contributed by atoms with Crippen LogP contribution in [0.4, 0.5) is 0 Å². The zero-order valence-corrected chi connectivity index (χ0v) is 31.7. The Balaban J connectivity index is 2.49. The molecular formula is C38H66O12S. The van der Waals surface area contributed by atoms with E-state index in [1.807, 2.05) is 0 Å². The first-order valence-electron chi connectivity index (χ1n) is 18.9. The number of aliphatic hydroxyl groups excluding tert-OH is 3.